The van der Waals surface area contributed by atoms with Gasteiger partial charge in [-0.15, -0.1) is 0 Å². The SMILES string of the molecule is Cc1ccccc1CCC(C#N)Oc1ccccc1. The van der Waals surface area contributed by atoms with E-state index in [9.17, 15) is 0 Å². The van der Waals surface area contributed by atoms with E-state index in [0.29, 0.717) is 6.42 Å². The zero-order valence-electron chi connectivity index (χ0n) is 11.0. The number of benzene rings is 2. The summed E-state index contributed by atoms with van der Waals surface area (Å²) in [4.78, 5) is 0. The molecular formula is C17H17NO. The monoisotopic (exact) mass is 251 g/mol. The van der Waals surface area contributed by atoms with Gasteiger partial charge in [0.25, 0.3) is 0 Å². The first-order chi connectivity index (χ1) is 9.29. The molecule has 1 unspecified atom stereocenters. The van der Waals surface area contributed by atoms with E-state index >= 15 is 0 Å². The first kappa shape index (κ1) is 13.2. The van der Waals surface area contributed by atoms with Crippen molar-refractivity contribution in [1.29, 1.82) is 5.26 Å². The summed E-state index contributed by atoms with van der Waals surface area (Å²) in [6, 6.07) is 20.0. The fourth-order valence-electron chi connectivity index (χ4n) is 1.99. The summed E-state index contributed by atoms with van der Waals surface area (Å²) in [7, 11) is 0. The topological polar surface area (TPSA) is 33.0 Å². The van der Waals surface area contributed by atoms with Crippen molar-refractivity contribution in [3.63, 3.8) is 0 Å². The Morgan fingerprint density at radius 2 is 1.74 bits per heavy atom. The smallest absolute Gasteiger partial charge is 0.184 e. The average molecular weight is 251 g/mol. The van der Waals surface area contributed by atoms with Gasteiger partial charge in [0.05, 0.1) is 0 Å². The van der Waals surface area contributed by atoms with Crippen molar-refractivity contribution in [2.24, 2.45) is 0 Å². The lowest BCUT2D eigenvalue weighted by atomic mass is 10.0. The molecule has 0 aromatic heterocycles. The third-order valence-corrected chi connectivity index (χ3v) is 3.10. The van der Waals surface area contributed by atoms with Crippen LogP contribution in [0.15, 0.2) is 54.6 Å². The van der Waals surface area contributed by atoms with Gasteiger partial charge in [-0.3, -0.25) is 0 Å². The standard InChI is InChI=1S/C17H17NO/c1-14-7-5-6-8-15(14)11-12-17(13-18)19-16-9-3-2-4-10-16/h2-10,17H,11-12H2,1H3. The second-order valence-electron chi connectivity index (χ2n) is 4.51. The van der Waals surface area contributed by atoms with E-state index in [4.69, 9.17) is 10.00 Å². The lowest BCUT2D eigenvalue weighted by Crippen LogP contribution is -2.15. The minimum absolute atomic E-state index is 0.401. The largest absolute Gasteiger partial charge is 0.476 e. The summed E-state index contributed by atoms with van der Waals surface area (Å²) < 4.78 is 5.66. The Morgan fingerprint density at radius 3 is 2.42 bits per heavy atom. The Morgan fingerprint density at radius 1 is 1.05 bits per heavy atom. The van der Waals surface area contributed by atoms with E-state index in [2.05, 4.69) is 25.1 Å². The lowest BCUT2D eigenvalue weighted by Gasteiger charge is -2.13. The number of nitrogens with zero attached hydrogens (tertiary/aromatic N) is 1. The number of para-hydroxylation sites is 1. The van der Waals surface area contributed by atoms with Crippen LogP contribution in [0.2, 0.25) is 0 Å². The number of hydrogen-bond donors (Lipinski definition) is 0. The quantitative estimate of drug-likeness (QED) is 0.807. The second-order valence-corrected chi connectivity index (χ2v) is 4.51. The second kappa shape index (κ2) is 6.61. The van der Waals surface area contributed by atoms with Gasteiger partial charge in [-0.05, 0) is 36.6 Å². The molecule has 0 aliphatic heterocycles. The number of ether oxygens (including phenoxy) is 1. The van der Waals surface area contributed by atoms with E-state index < -0.39 is 6.10 Å². The minimum atomic E-state index is -0.401. The third-order valence-electron chi connectivity index (χ3n) is 3.10. The van der Waals surface area contributed by atoms with Crippen molar-refractivity contribution in [2.45, 2.75) is 25.9 Å². The van der Waals surface area contributed by atoms with E-state index in [1.807, 2.05) is 42.5 Å². The number of hydrogen-bond acceptors (Lipinski definition) is 2. The van der Waals surface area contributed by atoms with Crippen molar-refractivity contribution < 1.29 is 4.74 Å². The maximum atomic E-state index is 9.16. The predicted octanol–water partition coefficient (Wildman–Crippen LogP) is 3.90. The predicted molar refractivity (Wildman–Crippen MR) is 76.0 cm³/mol. The van der Waals surface area contributed by atoms with Gasteiger partial charge in [0.2, 0.25) is 0 Å². The summed E-state index contributed by atoms with van der Waals surface area (Å²) in [5.41, 5.74) is 2.54. The summed E-state index contributed by atoms with van der Waals surface area (Å²) in [5.74, 6) is 0.749. The van der Waals surface area contributed by atoms with Gasteiger partial charge < -0.3 is 4.74 Å². The summed E-state index contributed by atoms with van der Waals surface area (Å²) in [6.07, 6.45) is 1.16. The van der Waals surface area contributed by atoms with Crippen molar-refractivity contribution in [2.75, 3.05) is 0 Å². The first-order valence-electron chi connectivity index (χ1n) is 6.45. The van der Waals surface area contributed by atoms with Gasteiger partial charge in [-0.25, -0.2) is 0 Å². The summed E-state index contributed by atoms with van der Waals surface area (Å²) in [6.45, 7) is 2.09. The van der Waals surface area contributed by atoms with E-state index in [-0.39, 0.29) is 0 Å². The maximum absolute atomic E-state index is 9.16. The number of nitriles is 1. The van der Waals surface area contributed by atoms with Gasteiger partial charge in [0.1, 0.15) is 11.8 Å². The van der Waals surface area contributed by atoms with Crippen LogP contribution >= 0.6 is 0 Å². The Hall–Kier alpha value is -2.27. The maximum Gasteiger partial charge on any atom is 0.184 e. The lowest BCUT2D eigenvalue weighted by molar-refractivity contribution is 0.245. The van der Waals surface area contributed by atoms with E-state index in [1.54, 1.807) is 0 Å². The molecule has 0 fully saturated rings. The first-order valence-corrected chi connectivity index (χ1v) is 6.45. The van der Waals surface area contributed by atoms with Crippen LogP contribution < -0.4 is 4.74 Å². The molecule has 1 atom stereocenters. The molecule has 0 N–H and O–H groups in total. The van der Waals surface area contributed by atoms with Crippen LogP contribution in [0.25, 0.3) is 0 Å². The highest BCUT2D eigenvalue weighted by Crippen LogP contribution is 2.15. The molecule has 0 heterocycles. The zero-order chi connectivity index (χ0) is 13.5. The van der Waals surface area contributed by atoms with Gasteiger partial charge in [-0.2, -0.15) is 5.26 Å². The van der Waals surface area contributed by atoms with Crippen molar-refractivity contribution in [1.82, 2.24) is 0 Å². The van der Waals surface area contributed by atoms with Crippen molar-refractivity contribution >= 4 is 0 Å². The van der Waals surface area contributed by atoms with Gasteiger partial charge in [-0.1, -0.05) is 42.5 Å². The molecule has 96 valence electrons. The van der Waals surface area contributed by atoms with Crippen LogP contribution in [0.3, 0.4) is 0 Å². The Bertz CT molecular complexity index is 557. The molecule has 0 amide bonds. The molecule has 2 aromatic rings. The van der Waals surface area contributed by atoms with Crippen LogP contribution in [0.5, 0.6) is 5.75 Å². The van der Waals surface area contributed by atoms with Crippen molar-refractivity contribution in [3.05, 3.63) is 65.7 Å². The molecule has 0 saturated carbocycles. The third kappa shape index (κ3) is 3.86. The molecule has 0 aliphatic rings. The molecule has 0 saturated heterocycles. The molecule has 0 spiro atoms. The summed E-state index contributed by atoms with van der Waals surface area (Å²) >= 11 is 0. The molecule has 0 radical (unpaired) electrons. The van der Waals surface area contributed by atoms with Gasteiger partial charge in [0.15, 0.2) is 6.10 Å². The Balaban J connectivity index is 1.94. The molecule has 0 aliphatic carbocycles. The summed E-state index contributed by atoms with van der Waals surface area (Å²) in [5, 5.41) is 9.16. The fourth-order valence-corrected chi connectivity index (χ4v) is 1.99. The van der Waals surface area contributed by atoms with Crippen molar-refractivity contribution in [3.8, 4) is 11.8 Å². The highest BCUT2D eigenvalue weighted by Gasteiger charge is 2.10. The highest BCUT2D eigenvalue weighted by atomic mass is 16.5. The normalized spacial score (nSPS) is 11.6. The average Bonchev–Trinajstić information content (AvgIpc) is 2.46. The van der Waals surface area contributed by atoms with Crippen LogP contribution in [0.4, 0.5) is 0 Å². The fraction of sp³-hybridized carbons (Fsp3) is 0.235. The minimum Gasteiger partial charge on any atom is -0.476 e. The van der Waals surface area contributed by atoms with Crippen LogP contribution in [0, 0.1) is 18.3 Å². The molecular weight excluding hydrogens is 234 g/mol. The highest BCUT2D eigenvalue weighted by molar-refractivity contribution is 5.26. The molecule has 2 nitrogen and oxygen atoms in total. The van der Waals surface area contributed by atoms with Crippen LogP contribution in [0.1, 0.15) is 17.5 Å². The number of aryl methyl sites for hydroxylation is 2. The Labute approximate surface area is 114 Å². The molecule has 0 bridgehead atoms. The van der Waals surface area contributed by atoms with E-state index in [0.717, 1.165) is 12.2 Å². The Kier molecular flexibility index (Phi) is 4.58. The van der Waals surface area contributed by atoms with Crippen LogP contribution in [-0.2, 0) is 6.42 Å². The van der Waals surface area contributed by atoms with Gasteiger partial charge in [0, 0.05) is 6.42 Å². The molecule has 2 rings (SSSR count). The van der Waals surface area contributed by atoms with Gasteiger partial charge >= 0.3 is 0 Å². The molecule has 2 aromatic carbocycles. The van der Waals surface area contributed by atoms with Crippen LogP contribution in [-0.4, -0.2) is 6.10 Å². The van der Waals surface area contributed by atoms with E-state index in [1.165, 1.54) is 11.1 Å². The zero-order valence-corrected chi connectivity index (χ0v) is 11.0. The molecule has 19 heavy (non-hydrogen) atoms. The number of rotatable bonds is 5. The molecule has 2 heteroatoms.